The molecule has 4 rings (SSSR count). The zero-order chi connectivity index (χ0) is 27.4. The molecule has 12 nitrogen and oxygen atoms in total. The Balaban J connectivity index is 1.56. The standard InChI is InChI=1S/C24H24N8O4S2/c1-13-6-5-7-18(15(13)3)31-20(11-25-22(34)17-9-8-14(2)19(10-17)32(35)36)28-30-24(31)37-12-21(33)26-23-29-27-16(4)38-23/h5-10H,11-12H2,1-4H3,(H,25,34)(H,26,29,33). The van der Waals surface area contributed by atoms with Crippen molar-refractivity contribution in [1.29, 1.82) is 0 Å². The van der Waals surface area contributed by atoms with Crippen molar-refractivity contribution in [2.45, 2.75) is 39.4 Å². The van der Waals surface area contributed by atoms with Crippen molar-refractivity contribution < 1.29 is 14.5 Å². The van der Waals surface area contributed by atoms with Crippen LogP contribution in [-0.2, 0) is 11.3 Å². The Hall–Kier alpha value is -4.17. The number of hydrogen-bond acceptors (Lipinski definition) is 10. The van der Waals surface area contributed by atoms with E-state index in [0.717, 1.165) is 21.8 Å². The largest absolute Gasteiger partial charge is 0.345 e. The van der Waals surface area contributed by atoms with Gasteiger partial charge in [-0.05, 0) is 51.0 Å². The number of carbonyl (C=O) groups excluding carboxylic acids is 2. The Labute approximate surface area is 226 Å². The maximum absolute atomic E-state index is 12.8. The topological polar surface area (TPSA) is 158 Å². The van der Waals surface area contributed by atoms with Gasteiger partial charge >= 0.3 is 0 Å². The Kier molecular flexibility index (Phi) is 8.12. The van der Waals surface area contributed by atoms with Crippen molar-refractivity contribution in [3.8, 4) is 5.69 Å². The molecule has 38 heavy (non-hydrogen) atoms. The first-order valence-electron chi connectivity index (χ1n) is 11.4. The summed E-state index contributed by atoms with van der Waals surface area (Å²) in [4.78, 5) is 36.0. The van der Waals surface area contributed by atoms with Gasteiger partial charge in [-0.1, -0.05) is 41.3 Å². The maximum Gasteiger partial charge on any atom is 0.273 e. The molecule has 0 radical (unpaired) electrons. The van der Waals surface area contributed by atoms with Crippen LogP contribution in [0.1, 0.15) is 37.9 Å². The molecule has 0 aliphatic carbocycles. The average Bonchev–Trinajstić information content (AvgIpc) is 3.48. The minimum atomic E-state index is -0.519. The lowest BCUT2D eigenvalue weighted by Crippen LogP contribution is -2.25. The first-order valence-corrected chi connectivity index (χ1v) is 13.2. The van der Waals surface area contributed by atoms with Crippen LogP contribution >= 0.6 is 23.1 Å². The smallest absolute Gasteiger partial charge is 0.273 e. The van der Waals surface area contributed by atoms with Crippen LogP contribution in [0.5, 0.6) is 0 Å². The third-order valence-corrected chi connectivity index (χ3v) is 7.38. The van der Waals surface area contributed by atoms with E-state index in [1.165, 1.54) is 41.3 Å². The molecule has 0 aliphatic rings. The Morgan fingerprint density at radius 3 is 2.55 bits per heavy atom. The molecule has 0 spiro atoms. The van der Waals surface area contributed by atoms with E-state index in [-0.39, 0.29) is 29.5 Å². The first kappa shape index (κ1) is 26.9. The number of hydrogen-bond donors (Lipinski definition) is 2. The van der Waals surface area contributed by atoms with Gasteiger partial charge in [0.15, 0.2) is 11.0 Å². The van der Waals surface area contributed by atoms with Crippen molar-refractivity contribution in [1.82, 2.24) is 30.3 Å². The lowest BCUT2D eigenvalue weighted by molar-refractivity contribution is -0.385. The Morgan fingerprint density at radius 1 is 1.05 bits per heavy atom. The Morgan fingerprint density at radius 2 is 1.84 bits per heavy atom. The van der Waals surface area contributed by atoms with Gasteiger partial charge in [0.25, 0.3) is 11.6 Å². The van der Waals surface area contributed by atoms with E-state index in [0.29, 0.717) is 21.7 Å². The number of rotatable bonds is 9. The second-order valence-corrected chi connectivity index (χ2v) is 10.5. The number of nitrogens with one attached hydrogen (secondary N) is 2. The number of carbonyl (C=O) groups is 2. The second kappa shape index (κ2) is 11.5. The van der Waals surface area contributed by atoms with Crippen LogP contribution < -0.4 is 10.6 Å². The van der Waals surface area contributed by atoms with Gasteiger partial charge in [0, 0.05) is 17.2 Å². The van der Waals surface area contributed by atoms with E-state index in [9.17, 15) is 19.7 Å². The van der Waals surface area contributed by atoms with Crippen LogP contribution in [0.3, 0.4) is 0 Å². The summed E-state index contributed by atoms with van der Waals surface area (Å²) in [6.45, 7) is 7.38. The van der Waals surface area contributed by atoms with Gasteiger partial charge in [-0.15, -0.1) is 20.4 Å². The molecule has 0 saturated carbocycles. The summed E-state index contributed by atoms with van der Waals surface area (Å²) < 4.78 is 1.80. The van der Waals surface area contributed by atoms with Gasteiger partial charge < -0.3 is 5.32 Å². The van der Waals surface area contributed by atoms with Gasteiger partial charge in [-0.3, -0.25) is 29.6 Å². The summed E-state index contributed by atoms with van der Waals surface area (Å²) in [7, 11) is 0. The molecule has 0 bridgehead atoms. The fourth-order valence-electron chi connectivity index (χ4n) is 3.57. The van der Waals surface area contributed by atoms with E-state index in [2.05, 4.69) is 31.0 Å². The Bertz CT molecular complexity index is 1530. The quantitative estimate of drug-likeness (QED) is 0.178. The summed E-state index contributed by atoms with van der Waals surface area (Å²) in [6.07, 6.45) is 0. The number of aryl methyl sites for hydroxylation is 3. The summed E-state index contributed by atoms with van der Waals surface area (Å²) in [5.74, 6) is -0.251. The molecule has 2 N–H and O–H groups in total. The van der Waals surface area contributed by atoms with Gasteiger partial charge in [0.05, 0.1) is 22.9 Å². The van der Waals surface area contributed by atoms with Crippen LogP contribution in [-0.4, -0.2) is 47.5 Å². The third kappa shape index (κ3) is 6.03. The number of nitro benzene ring substituents is 1. The number of amides is 2. The number of nitrogens with zero attached hydrogens (tertiary/aromatic N) is 6. The number of anilines is 1. The summed E-state index contributed by atoms with van der Waals surface area (Å²) in [5.41, 5.74) is 3.36. The van der Waals surface area contributed by atoms with Crippen molar-refractivity contribution in [2.75, 3.05) is 11.1 Å². The highest BCUT2D eigenvalue weighted by molar-refractivity contribution is 7.99. The zero-order valence-electron chi connectivity index (χ0n) is 21.0. The lowest BCUT2D eigenvalue weighted by atomic mass is 10.1. The molecule has 14 heteroatoms. The van der Waals surface area contributed by atoms with Crippen molar-refractivity contribution in [3.63, 3.8) is 0 Å². The predicted octanol–water partition coefficient (Wildman–Crippen LogP) is 3.92. The molecule has 2 aromatic heterocycles. The van der Waals surface area contributed by atoms with Gasteiger partial charge in [0.2, 0.25) is 11.0 Å². The fraction of sp³-hybridized carbons (Fsp3) is 0.250. The maximum atomic E-state index is 12.8. The normalized spacial score (nSPS) is 10.8. The van der Waals surface area contributed by atoms with Crippen molar-refractivity contribution in [2.24, 2.45) is 0 Å². The van der Waals surface area contributed by atoms with E-state index in [1.54, 1.807) is 18.4 Å². The van der Waals surface area contributed by atoms with Crippen molar-refractivity contribution in [3.05, 3.63) is 79.6 Å². The molecule has 0 atom stereocenters. The van der Waals surface area contributed by atoms with Crippen LogP contribution in [0.2, 0.25) is 0 Å². The lowest BCUT2D eigenvalue weighted by Gasteiger charge is -2.14. The highest BCUT2D eigenvalue weighted by Gasteiger charge is 2.20. The number of benzene rings is 2. The first-order chi connectivity index (χ1) is 18.1. The molecule has 196 valence electrons. The summed E-state index contributed by atoms with van der Waals surface area (Å²) in [6, 6.07) is 10.1. The molecule has 2 amide bonds. The molecule has 2 heterocycles. The molecular weight excluding hydrogens is 528 g/mol. The molecular formula is C24H24N8O4S2. The minimum Gasteiger partial charge on any atom is -0.345 e. The van der Waals surface area contributed by atoms with Gasteiger partial charge in [-0.25, -0.2) is 0 Å². The van der Waals surface area contributed by atoms with E-state index in [4.69, 9.17) is 0 Å². The van der Waals surface area contributed by atoms with E-state index >= 15 is 0 Å². The number of aromatic nitrogens is 5. The minimum absolute atomic E-state index is 0.0116. The summed E-state index contributed by atoms with van der Waals surface area (Å²) >= 11 is 2.48. The van der Waals surface area contributed by atoms with Gasteiger partial charge in [-0.2, -0.15) is 0 Å². The molecule has 0 unspecified atom stereocenters. The zero-order valence-corrected chi connectivity index (χ0v) is 22.6. The molecule has 2 aromatic carbocycles. The predicted molar refractivity (Wildman–Crippen MR) is 144 cm³/mol. The van der Waals surface area contributed by atoms with Crippen molar-refractivity contribution >= 4 is 45.7 Å². The van der Waals surface area contributed by atoms with E-state index < -0.39 is 10.8 Å². The molecule has 0 saturated heterocycles. The highest BCUT2D eigenvalue weighted by atomic mass is 32.2. The van der Waals surface area contributed by atoms with Crippen LogP contribution in [0, 0.1) is 37.8 Å². The highest BCUT2D eigenvalue weighted by Crippen LogP contribution is 2.26. The molecule has 4 aromatic rings. The molecule has 0 fully saturated rings. The average molecular weight is 553 g/mol. The van der Waals surface area contributed by atoms with Crippen LogP contribution in [0.25, 0.3) is 5.69 Å². The summed E-state index contributed by atoms with van der Waals surface area (Å²) in [5, 5.41) is 34.7. The SMILES string of the molecule is Cc1nnc(NC(=O)CSc2nnc(CNC(=O)c3ccc(C)c([N+](=O)[O-])c3)n2-c2cccc(C)c2C)s1. The van der Waals surface area contributed by atoms with E-state index in [1.807, 2.05) is 32.0 Å². The van der Waals surface area contributed by atoms with Gasteiger partial charge in [0.1, 0.15) is 5.01 Å². The fourth-order valence-corrected chi connectivity index (χ4v) is 4.94. The van der Waals surface area contributed by atoms with Crippen LogP contribution in [0.15, 0.2) is 41.6 Å². The third-order valence-electron chi connectivity index (χ3n) is 5.70. The number of thioether (sulfide) groups is 1. The molecule has 0 aliphatic heterocycles. The monoisotopic (exact) mass is 552 g/mol. The second-order valence-electron chi connectivity index (χ2n) is 8.36. The van der Waals surface area contributed by atoms with Crippen LogP contribution in [0.4, 0.5) is 10.8 Å². The number of nitro groups is 1.